The quantitative estimate of drug-likeness (QED) is 0.170. The summed E-state index contributed by atoms with van der Waals surface area (Å²) in [4.78, 5) is 26.5. The largest absolute Gasteiger partial charge is 0.307 e. The van der Waals surface area contributed by atoms with Crippen LogP contribution < -0.4 is 5.32 Å². The van der Waals surface area contributed by atoms with Gasteiger partial charge in [-0.2, -0.15) is 0 Å². The molecule has 4 atom stereocenters. The summed E-state index contributed by atoms with van der Waals surface area (Å²) in [6.07, 6.45) is 21.0. The number of unbranched alkanes of at least 4 members (excludes halogenated alkanes) is 9. The van der Waals surface area contributed by atoms with Gasteiger partial charge >= 0.3 is 0 Å². The molecule has 3 heterocycles. The number of ketones is 1. The van der Waals surface area contributed by atoms with Crippen LogP contribution in [0, 0.1) is 11.8 Å². The molecule has 0 spiro atoms. The number of nitrogens with zero attached hydrogens (tertiary/aromatic N) is 1. The first-order chi connectivity index (χ1) is 16.2. The van der Waals surface area contributed by atoms with Gasteiger partial charge in [0.2, 0.25) is 5.78 Å². The monoisotopic (exact) mass is 474 g/mol. The number of rotatable bonds is 14. The van der Waals surface area contributed by atoms with Crippen molar-refractivity contribution in [3.63, 3.8) is 0 Å². The summed E-state index contributed by atoms with van der Waals surface area (Å²) in [6, 6.07) is 0.835. The number of nitrogens with one attached hydrogen (secondary N) is 1. The van der Waals surface area contributed by atoms with E-state index in [2.05, 4.69) is 44.8 Å². The van der Waals surface area contributed by atoms with Crippen LogP contribution in [-0.2, 0) is 9.59 Å². The minimum atomic E-state index is -0.179. The minimum Gasteiger partial charge on any atom is -0.307 e. The number of hydrogen-bond donors (Lipinski definition) is 1. The van der Waals surface area contributed by atoms with Crippen molar-refractivity contribution in [2.75, 3.05) is 0 Å². The lowest BCUT2D eigenvalue weighted by Gasteiger charge is -2.49. The first-order valence-corrected chi connectivity index (χ1v) is 14.7. The van der Waals surface area contributed by atoms with Crippen LogP contribution in [0.2, 0.25) is 0 Å². The number of Topliss-reactive ketones (excluding diaryl/α,β-unsaturated/α-hetero) is 1. The van der Waals surface area contributed by atoms with Gasteiger partial charge in [0.1, 0.15) is 0 Å². The molecule has 4 unspecified atom stereocenters. The first kappa shape index (κ1) is 27.8. The first-order valence-electron chi connectivity index (χ1n) is 14.7. The number of fused-ring (bicyclic) bond motifs is 1. The molecule has 3 saturated heterocycles. The molecule has 1 N–H and O–H groups in total. The molecule has 196 valence electrons. The second-order valence-electron chi connectivity index (χ2n) is 13.2. The third kappa shape index (κ3) is 7.38. The fraction of sp³-hybridized carbons (Fsp3) is 0.933. The maximum Gasteiger partial charge on any atom is 0.212 e. The molecule has 0 amide bonds. The highest BCUT2D eigenvalue weighted by molar-refractivity contribution is 6.27. The van der Waals surface area contributed by atoms with E-state index in [0.717, 1.165) is 12.8 Å². The topological polar surface area (TPSA) is 49.4 Å². The molecule has 3 fully saturated rings. The minimum absolute atomic E-state index is 0.150. The van der Waals surface area contributed by atoms with Crippen molar-refractivity contribution in [1.82, 2.24) is 10.2 Å². The Morgan fingerprint density at radius 2 is 1.44 bits per heavy atom. The highest BCUT2D eigenvalue weighted by atomic mass is 16.2. The van der Waals surface area contributed by atoms with E-state index in [1.807, 2.05) is 0 Å². The molecule has 3 aliphatic rings. The highest BCUT2D eigenvalue weighted by Gasteiger charge is 2.53. The zero-order chi connectivity index (χ0) is 24.8. The van der Waals surface area contributed by atoms with E-state index in [1.165, 1.54) is 89.9 Å². The molecule has 0 aliphatic carbocycles. The number of carbonyl (C=O) groups is 2. The zero-order valence-electron chi connectivity index (χ0n) is 23.0. The fourth-order valence-electron chi connectivity index (χ4n) is 8.12. The molecular weight excluding hydrogens is 420 g/mol. The van der Waals surface area contributed by atoms with E-state index in [1.54, 1.807) is 0 Å². The van der Waals surface area contributed by atoms with Gasteiger partial charge < -0.3 is 5.32 Å². The van der Waals surface area contributed by atoms with Crippen LogP contribution in [0.4, 0.5) is 0 Å². The van der Waals surface area contributed by atoms with E-state index in [4.69, 9.17) is 0 Å². The molecule has 3 rings (SSSR count). The van der Waals surface area contributed by atoms with Crippen LogP contribution in [0.5, 0.6) is 0 Å². The molecule has 0 bridgehead atoms. The van der Waals surface area contributed by atoms with Gasteiger partial charge in [-0.1, -0.05) is 71.1 Å². The molecule has 0 aromatic carbocycles. The van der Waals surface area contributed by atoms with E-state index >= 15 is 0 Å². The summed E-state index contributed by atoms with van der Waals surface area (Å²) in [7, 11) is 0. The molecular formula is C30H54N2O2. The van der Waals surface area contributed by atoms with Crippen molar-refractivity contribution in [1.29, 1.82) is 0 Å². The molecule has 4 nitrogen and oxygen atoms in total. The van der Waals surface area contributed by atoms with Crippen LogP contribution in [0.15, 0.2) is 0 Å². The Balaban J connectivity index is 1.54. The summed E-state index contributed by atoms with van der Waals surface area (Å²) in [5, 5.41) is 3.85. The Hall–Kier alpha value is -0.740. The van der Waals surface area contributed by atoms with Crippen LogP contribution in [0.1, 0.15) is 137 Å². The van der Waals surface area contributed by atoms with Crippen molar-refractivity contribution in [3.8, 4) is 0 Å². The maximum absolute atomic E-state index is 12.5. The van der Waals surface area contributed by atoms with Crippen LogP contribution in [0.25, 0.3) is 0 Å². The van der Waals surface area contributed by atoms with E-state index < -0.39 is 0 Å². The van der Waals surface area contributed by atoms with Crippen molar-refractivity contribution < 1.29 is 9.59 Å². The number of aldehydes is 1. The third-order valence-electron chi connectivity index (χ3n) is 9.10. The fourth-order valence-corrected chi connectivity index (χ4v) is 8.12. The average Bonchev–Trinajstić information content (AvgIpc) is 3.33. The van der Waals surface area contributed by atoms with Crippen LogP contribution >= 0.6 is 0 Å². The standard InChI is InChI=1S/C30H54N2O2/c1-6-7-8-9-10-11-12-13-14-15-16-24-19-25(23-20-29(2,3)31-30(4,5)21-23)26-17-18-27(32(24)26)28(34)22-33/h22-27,31H,6-21H2,1-5H3. The van der Waals surface area contributed by atoms with Gasteiger partial charge in [0.25, 0.3) is 0 Å². The molecule has 4 heteroatoms. The smallest absolute Gasteiger partial charge is 0.212 e. The van der Waals surface area contributed by atoms with Crippen molar-refractivity contribution in [3.05, 3.63) is 0 Å². The predicted octanol–water partition coefficient (Wildman–Crippen LogP) is 6.84. The molecule has 0 radical (unpaired) electrons. The third-order valence-corrected chi connectivity index (χ3v) is 9.10. The lowest BCUT2D eigenvalue weighted by molar-refractivity contribution is -0.133. The lowest BCUT2D eigenvalue weighted by atomic mass is 9.68. The SMILES string of the molecule is CCCCCCCCCCCCC1CC(C2CC(C)(C)NC(C)(C)C2)C2CCC(C(=O)C=O)N12. The van der Waals surface area contributed by atoms with E-state index in [0.29, 0.717) is 30.2 Å². The summed E-state index contributed by atoms with van der Waals surface area (Å²) in [6.45, 7) is 11.7. The lowest BCUT2D eigenvalue weighted by Crippen LogP contribution is -2.59. The van der Waals surface area contributed by atoms with Crippen molar-refractivity contribution in [2.24, 2.45) is 11.8 Å². The molecule has 0 aromatic rings. The van der Waals surface area contributed by atoms with Gasteiger partial charge in [0.05, 0.1) is 6.04 Å². The number of carbonyl (C=O) groups excluding carboxylic acids is 2. The van der Waals surface area contributed by atoms with E-state index in [-0.39, 0.29) is 22.9 Å². The predicted molar refractivity (Wildman–Crippen MR) is 142 cm³/mol. The van der Waals surface area contributed by atoms with Gasteiger partial charge in [-0.25, -0.2) is 0 Å². The highest BCUT2D eigenvalue weighted by Crippen LogP contribution is 2.50. The zero-order valence-corrected chi connectivity index (χ0v) is 23.0. The van der Waals surface area contributed by atoms with Gasteiger partial charge in [0.15, 0.2) is 6.29 Å². The number of hydrogen-bond acceptors (Lipinski definition) is 4. The molecule has 34 heavy (non-hydrogen) atoms. The normalized spacial score (nSPS) is 31.0. The molecule has 0 aromatic heterocycles. The van der Waals surface area contributed by atoms with Crippen LogP contribution in [0.3, 0.4) is 0 Å². The van der Waals surface area contributed by atoms with Gasteiger partial charge in [-0.15, -0.1) is 0 Å². The Morgan fingerprint density at radius 1 is 0.882 bits per heavy atom. The average molecular weight is 475 g/mol. The Morgan fingerprint density at radius 3 is 2.00 bits per heavy atom. The Labute approximate surface area is 210 Å². The Bertz CT molecular complexity index is 642. The second-order valence-corrected chi connectivity index (χ2v) is 13.2. The van der Waals surface area contributed by atoms with Gasteiger partial charge in [0, 0.05) is 23.2 Å². The van der Waals surface area contributed by atoms with Gasteiger partial charge in [-0.05, 0) is 78.1 Å². The molecule has 0 saturated carbocycles. The number of piperidine rings is 1. The van der Waals surface area contributed by atoms with Gasteiger partial charge in [-0.3, -0.25) is 14.5 Å². The summed E-state index contributed by atoms with van der Waals surface area (Å²) in [5.74, 6) is 1.18. The second kappa shape index (κ2) is 12.5. The van der Waals surface area contributed by atoms with E-state index in [9.17, 15) is 9.59 Å². The van der Waals surface area contributed by atoms with Crippen molar-refractivity contribution in [2.45, 2.75) is 167 Å². The maximum atomic E-state index is 12.5. The summed E-state index contributed by atoms with van der Waals surface area (Å²) >= 11 is 0. The Kier molecular flexibility index (Phi) is 10.2. The summed E-state index contributed by atoms with van der Waals surface area (Å²) in [5.41, 5.74) is 0.311. The molecule has 3 aliphatic heterocycles. The summed E-state index contributed by atoms with van der Waals surface area (Å²) < 4.78 is 0. The van der Waals surface area contributed by atoms with Crippen LogP contribution in [-0.4, -0.2) is 46.2 Å². The van der Waals surface area contributed by atoms with Crippen molar-refractivity contribution >= 4 is 12.1 Å².